The molecule has 0 saturated heterocycles. The average Bonchev–Trinajstić information content (AvgIpc) is 3.03. The highest BCUT2D eigenvalue weighted by atomic mass is 35.5. The smallest absolute Gasteiger partial charge is 0.253 e. The first-order chi connectivity index (χ1) is 12.5. The van der Waals surface area contributed by atoms with Crippen LogP contribution in [0.3, 0.4) is 0 Å². The molecule has 2 aromatic carbocycles. The lowest BCUT2D eigenvalue weighted by molar-refractivity contribution is -0.119. The summed E-state index contributed by atoms with van der Waals surface area (Å²) in [5.74, 6) is 0.342. The van der Waals surface area contributed by atoms with Crippen molar-refractivity contribution >= 4 is 29.1 Å². The van der Waals surface area contributed by atoms with Crippen molar-refractivity contribution in [3.05, 3.63) is 64.2 Å². The van der Waals surface area contributed by atoms with Gasteiger partial charge in [0.25, 0.3) is 5.91 Å². The molecule has 0 fully saturated rings. The van der Waals surface area contributed by atoms with Crippen LogP contribution in [0.1, 0.15) is 41.8 Å². The molecule has 0 saturated carbocycles. The maximum absolute atomic E-state index is 12.4. The van der Waals surface area contributed by atoms with Crippen LogP contribution in [-0.4, -0.2) is 18.4 Å². The van der Waals surface area contributed by atoms with Crippen LogP contribution < -0.4 is 10.2 Å². The minimum Gasteiger partial charge on any atom is -0.348 e. The molecule has 1 aliphatic rings. The zero-order valence-corrected chi connectivity index (χ0v) is 15.8. The van der Waals surface area contributed by atoms with Gasteiger partial charge < -0.3 is 10.2 Å². The largest absolute Gasteiger partial charge is 0.348 e. The zero-order valence-electron chi connectivity index (χ0n) is 15.1. The van der Waals surface area contributed by atoms with Crippen molar-refractivity contribution in [3.8, 4) is 0 Å². The standard InChI is InChI=1S/C21H23ClN2O2/c1-14(2)11-20(25)24-10-9-16-12-15(7-8-19(16)24)13-23-21(26)17-5-3-4-6-18(17)22/h3-8,12,14H,9-11,13H2,1-2H3,(H,23,26). The molecule has 0 unspecified atom stereocenters. The molecule has 0 atom stereocenters. The summed E-state index contributed by atoms with van der Waals surface area (Å²) in [5.41, 5.74) is 3.64. The van der Waals surface area contributed by atoms with Crippen LogP contribution in [0.2, 0.25) is 5.02 Å². The Balaban J connectivity index is 1.66. The Bertz CT molecular complexity index is 833. The first-order valence-electron chi connectivity index (χ1n) is 8.90. The molecule has 5 heteroatoms. The van der Waals surface area contributed by atoms with Crippen LogP contribution in [0.25, 0.3) is 0 Å². The van der Waals surface area contributed by atoms with Gasteiger partial charge in [0.05, 0.1) is 10.6 Å². The van der Waals surface area contributed by atoms with Gasteiger partial charge in [0.1, 0.15) is 0 Å². The Morgan fingerprint density at radius 2 is 1.96 bits per heavy atom. The first-order valence-corrected chi connectivity index (χ1v) is 9.28. The van der Waals surface area contributed by atoms with Crippen molar-refractivity contribution in [2.45, 2.75) is 33.2 Å². The summed E-state index contributed by atoms with van der Waals surface area (Å²) in [5, 5.41) is 3.35. The highest BCUT2D eigenvalue weighted by molar-refractivity contribution is 6.33. The summed E-state index contributed by atoms with van der Waals surface area (Å²) >= 11 is 6.06. The van der Waals surface area contributed by atoms with Crippen molar-refractivity contribution in [1.82, 2.24) is 5.32 Å². The number of nitrogens with one attached hydrogen (secondary N) is 1. The third-order valence-corrected chi connectivity index (χ3v) is 4.82. The molecule has 1 aliphatic heterocycles. The number of fused-ring (bicyclic) bond motifs is 1. The number of halogens is 1. The van der Waals surface area contributed by atoms with Gasteiger partial charge in [0.2, 0.25) is 5.91 Å². The summed E-state index contributed by atoms with van der Waals surface area (Å²) in [6.07, 6.45) is 1.42. The third kappa shape index (κ3) is 4.07. The first kappa shape index (κ1) is 18.5. The van der Waals surface area contributed by atoms with Gasteiger partial charge in [0.15, 0.2) is 0 Å². The number of carbonyl (C=O) groups excluding carboxylic acids is 2. The van der Waals surface area contributed by atoms with Crippen molar-refractivity contribution < 1.29 is 9.59 Å². The lowest BCUT2D eigenvalue weighted by Crippen LogP contribution is -2.29. The monoisotopic (exact) mass is 370 g/mol. The predicted molar refractivity (Wildman–Crippen MR) is 105 cm³/mol. The molecule has 0 bridgehead atoms. The predicted octanol–water partition coefficient (Wildman–Crippen LogP) is 4.21. The highest BCUT2D eigenvalue weighted by Crippen LogP contribution is 2.30. The molecule has 2 aromatic rings. The molecular weight excluding hydrogens is 348 g/mol. The van der Waals surface area contributed by atoms with Crippen LogP contribution >= 0.6 is 11.6 Å². The van der Waals surface area contributed by atoms with E-state index in [1.54, 1.807) is 24.3 Å². The summed E-state index contributed by atoms with van der Waals surface area (Å²) in [6, 6.07) is 13.0. The molecule has 4 nitrogen and oxygen atoms in total. The fourth-order valence-corrected chi connectivity index (χ4v) is 3.43. The van der Waals surface area contributed by atoms with Crippen molar-refractivity contribution in [2.75, 3.05) is 11.4 Å². The maximum Gasteiger partial charge on any atom is 0.253 e. The van der Waals surface area contributed by atoms with E-state index < -0.39 is 0 Å². The van der Waals surface area contributed by atoms with E-state index in [-0.39, 0.29) is 11.8 Å². The number of hydrogen-bond donors (Lipinski definition) is 1. The van der Waals surface area contributed by atoms with Crippen LogP contribution in [0.4, 0.5) is 5.69 Å². The fourth-order valence-electron chi connectivity index (χ4n) is 3.21. The third-order valence-electron chi connectivity index (χ3n) is 4.49. The van der Waals surface area contributed by atoms with Gasteiger partial charge in [-0.3, -0.25) is 9.59 Å². The molecular formula is C21H23ClN2O2. The van der Waals surface area contributed by atoms with Gasteiger partial charge in [-0.2, -0.15) is 0 Å². The number of hydrogen-bond acceptors (Lipinski definition) is 2. The summed E-state index contributed by atoms with van der Waals surface area (Å²) in [7, 11) is 0. The molecule has 0 radical (unpaired) electrons. The van der Waals surface area contributed by atoms with Crippen molar-refractivity contribution in [3.63, 3.8) is 0 Å². The number of rotatable bonds is 5. The number of anilines is 1. The molecule has 1 heterocycles. The van der Waals surface area contributed by atoms with Gasteiger partial charge >= 0.3 is 0 Å². The quantitative estimate of drug-likeness (QED) is 0.857. The Morgan fingerprint density at radius 3 is 2.69 bits per heavy atom. The minimum atomic E-state index is -0.190. The highest BCUT2D eigenvalue weighted by Gasteiger charge is 2.25. The molecule has 3 rings (SSSR count). The molecule has 0 aliphatic carbocycles. The maximum atomic E-state index is 12.4. The Labute approximate surface area is 159 Å². The zero-order chi connectivity index (χ0) is 18.7. The van der Waals surface area contributed by atoms with Crippen molar-refractivity contribution in [2.24, 2.45) is 5.92 Å². The topological polar surface area (TPSA) is 49.4 Å². The SMILES string of the molecule is CC(C)CC(=O)N1CCc2cc(CNC(=O)c3ccccc3Cl)ccc21. The van der Waals surface area contributed by atoms with Gasteiger partial charge in [0, 0.05) is 25.2 Å². The van der Waals surface area contributed by atoms with Crippen LogP contribution in [-0.2, 0) is 17.8 Å². The number of amides is 2. The van der Waals surface area contributed by atoms with E-state index in [9.17, 15) is 9.59 Å². The second-order valence-electron chi connectivity index (χ2n) is 7.02. The second-order valence-corrected chi connectivity index (χ2v) is 7.43. The van der Waals surface area contributed by atoms with Gasteiger partial charge in [-0.15, -0.1) is 0 Å². The van der Waals surface area contributed by atoms with E-state index in [1.165, 1.54) is 0 Å². The van der Waals surface area contributed by atoms with E-state index in [2.05, 4.69) is 25.2 Å². The summed E-state index contributed by atoms with van der Waals surface area (Å²) in [6.45, 7) is 5.27. The molecule has 2 amide bonds. The van der Waals surface area contributed by atoms with E-state index in [0.717, 1.165) is 29.8 Å². The van der Waals surface area contributed by atoms with E-state index in [1.807, 2.05) is 17.0 Å². The lowest BCUT2D eigenvalue weighted by atomic mass is 10.1. The molecule has 26 heavy (non-hydrogen) atoms. The Kier molecular flexibility index (Phi) is 5.62. The molecule has 1 N–H and O–H groups in total. The summed E-state index contributed by atoms with van der Waals surface area (Å²) in [4.78, 5) is 26.5. The van der Waals surface area contributed by atoms with E-state index in [0.29, 0.717) is 29.5 Å². The average molecular weight is 371 g/mol. The summed E-state index contributed by atoms with van der Waals surface area (Å²) < 4.78 is 0. The minimum absolute atomic E-state index is 0.179. The molecule has 0 spiro atoms. The number of benzene rings is 2. The van der Waals surface area contributed by atoms with Crippen LogP contribution in [0.5, 0.6) is 0 Å². The van der Waals surface area contributed by atoms with Crippen LogP contribution in [0.15, 0.2) is 42.5 Å². The van der Waals surface area contributed by atoms with Gasteiger partial charge in [-0.1, -0.05) is 49.7 Å². The second kappa shape index (κ2) is 7.92. The van der Waals surface area contributed by atoms with E-state index in [4.69, 9.17) is 11.6 Å². The number of nitrogens with zero attached hydrogens (tertiary/aromatic N) is 1. The molecule has 0 aromatic heterocycles. The van der Waals surface area contributed by atoms with Gasteiger partial charge in [-0.25, -0.2) is 0 Å². The van der Waals surface area contributed by atoms with Crippen LogP contribution in [0, 0.1) is 5.92 Å². The number of carbonyl (C=O) groups is 2. The lowest BCUT2D eigenvalue weighted by Gasteiger charge is -2.18. The normalized spacial score (nSPS) is 13.0. The van der Waals surface area contributed by atoms with Crippen molar-refractivity contribution in [1.29, 1.82) is 0 Å². The fraction of sp³-hybridized carbons (Fsp3) is 0.333. The van der Waals surface area contributed by atoms with Gasteiger partial charge in [-0.05, 0) is 41.7 Å². The Morgan fingerprint density at radius 1 is 1.19 bits per heavy atom. The molecule has 136 valence electrons. The van der Waals surface area contributed by atoms with E-state index >= 15 is 0 Å². The Hall–Kier alpha value is -2.33.